The van der Waals surface area contributed by atoms with E-state index in [0.717, 1.165) is 10.9 Å². The van der Waals surface area contributed by atoms with Gasteiger partial charge in [-0.15, -0.1) is 0 Å². The second kappa shape index (κ2) is 8.74. The van der Waals surface area contributed by atoms with Crippen LogP contribution < -0.4 is 10.9 Å². The highest BCUT2D eigenvalue weighted by Crippen LogP contribution is 2.20. The number of nitrogens with zero attached hydrogens (tertiary/aromatic N) is 3. The molecule has 0 saturated heterocycles. The predicted molar refractivity (Wildman–Crippen MR) is 125 cm³/mol. The minimum absolute atomic E-state index is 0.167. The van der Waals surface area contributed by atoms with Gasteiger partial charge >= 0.3 is 0 Å². The lowest BCUT2D eigenvalue weighted by Crippen LogP contribution is -2.24. The van der Waals surface area contributed by atoms with Gasteiger partial charge in [0, 0.05) is 28.9 Å². The first-order valence-electron chi connectivity index (χ1n) is 10.5. The highest BCUT2D eigenvalue weighted by Gasteiger charge is 2.10. The Hall–Kier alpha value is -4.59. The molecule has 0 saturated carbocycles. The molecule has 0 aliphatic rings. The number of amides is 1. The van der Waals surface area contributed by atoms with Gasteiger partial charge in [0.05, 0.1) is 12.1 Å². The summed E-state index contributed by atoms with van der Waals surface area (Å²) in [5, 5.41) is 8.08. The van der Waals surface area contributed by atoms with E-state index in [1.807, 2.05) is 12.1 Å². The topological polar surface area (TPSA) is 68.9 Å². The lowest BCUT2D eigenvalue weighted by atomic mass is 10.1. The van der Waals surface area contributed by atoms with Gasteiger partial charge in [0.2, 0.25) is 0 Å². The fourth-order valence-electron chi connectivity index (χ4n) is 3.71. The second-order valence-corrected chi connectivity index (χ2v) is 7.74. The first-order chi connectivity index (χ1) is 16.5. The Bertz CT molecular complexity index is 1570. The van der Waals surface area contributed by atoms with Crippen LogP contribution in [0.5, 0.6) is 0 Å². The zero-order valence-corrected chi connectivity index (χ0v) is 17.8. The number of anilines is 1. The SMILES string of the molecule is O=C(Nc1cccc(Cn2nc(-n3ccc4ccc(F)cc43)ccc2=O)c1)c1ccc(F)cc1. The second-order valence-electron chi connectivity index (χ2n) is 7.74. The summed E-state index contributed by atoms with van der Waals surface area (Å²) in [5.74, 6) is -0.681. The van der Waals surface area contributed by atoms with E-state index >= 15 is 0 Å². The van der Waals surface area contributed by atoms with E-state index in [2.05, 4.69) is 10.4 Å². The molecule has 1 N–H and O–H groups in total. The summed E-state index contributed by atoms with van der Waals surface area (Å²) in [6.07, 6.45) is 1.77. The van der Waals surface area contributed by atoms with Crippen LogP contribution in [-0.2, 0) is 6.54 Å². The standard InChI is InChI=1S/C26H18F2N4O2/c27-20-7-5-19(6-8-20)26(34)29-22-3-1-2-17(14-22)16-32-25(33)11-10-24(30-32)31-13-12-18-4-9-21(28)15-23(18)31/h1-15H,16H2,(H,29,34). The number of rotatable bonds is 5. The number of aromatic nitrogens is 3. The van der Waals surface area contributed by atoms with Crippen molar-refractivity contribution in [3.05, 3.63) is 124 Å². The van der Waals surface area contributed by atoms with E-state index in [4.69, 9.17) is 0 Å². The van der Waals surface area contributed by atoms with Crippen molar-refractivity contribution in [2.75, 3.05) is 5.32 Å². The normalized spacial score (nSPS) is 11.0. The van der Waals surface area contributed by atoms with Gasteiger partial charge in [-0.25, -0.2) is 13.5 Å². The number of carbonyl (C=O) groups is 1. The average molecular weight is 456 g/mol. The number of hydrogen-bond acceptors (Lipinski definition) is 3. The highest BCUT2D eigenvalue weighted by molar-refractivity contribution is 6.04. The maximum atomic E-state index is 13.8. The molecular formula is C26H18F2N4O2. The summed E-state index contributed by atoms with van der Waals surface area (Å²) in [7, 11) is 0. The molecule has 5 rings (SSSR count). The average Bonchev–Trinajstić information content (AvgIpc) is 3.24. The maximum absolute atomic E-state index is 13.8. The van der Waals surface area contributed by atoms with E-state index in [0.29, 0.717) is 22.6 Å². The van der Waals surface area contributed by atoms with Crippen molar-refractivity contribution >= 4 is 22.5 Å². The molecule has 0 atom stereocenters. The van der Waals surface area contributed by atoms with Gasteiger partial charge in [-0.05, 0) is 72.3 Å². The summed E-state index contributed by atoms with van der Waals surface area (Å²) in [4.78, 5) is 24.9. The van der Waals surface area contributed by atoms with E-state index in [9.17, 15) is 18.4 Å². The van der Waals surface area contributed by atoms with Crippen LogP contribution in [0.2, 0.25) is 0 Å². The molecule has 168 valence electrons. The van der Waals surface area contributed by atoms with Gasteiger partial charge in [-0.3, -0.25) is 14.2 Å². The van der Waals surface area contributed by atoms with Crippen LogP contribution in [0, 0.1) is 11.6 Å². The molecule has 0 radical (unpaired) electrons. The minimum Gasteiger partial charge on any atom is -0.322 e. The Morgan fingerprint density at radius 1 is 0.882 bits per heavy atom. The third-order valence-corrected chi connectivity index (χ3v) is 5.38. The van der Waals surface area contributed by atoms with Crippen molar-refractivity contribution in [2.24, 2.45) is 0 Å². The lowest BCUT2D eigenvalue weighted by molar-refractivity contribution is 0.102. The largest absolute Gasteiger partial charge is 0.322 e. The molecule has 2 aromatic heterocycles. The lowest BCUT2D eigenvalue weighted by Gasteiger charge is -2.11. The highest BCUT2D eigenvalue weighted by atomic mass is 19.1. The van der Waals surface area contributed by atoms with Crippen molar-refractivity contribution in [3.63, 3.8) is 0 Å². The predicted octanol–water partition coefficient (Wildman–Crippen LogP) is 4.77. The molecule has 3 aromatic carbocycles. The number of halogens is 2. The summed E-state index contributed by atoms with van der Waals surface area (Å²) in [5.41, 5.74) is 1.94. The van der Waals surface area contributed by atoms with Gasteiger partial charge in [0.1, 0.15) is 11.6 Å². The van der Waals surface area contributed by atoms with Crippen LogP contribution in [0.1, 0.15) is 15.9 Å². The Morgan fingerprint density at radius 3 is 2.50 bits per heavy atom. The third-order valence-electron chi connectivity index (χ3n) is 5.38. The van der Waals surface area contributed by atoms with Crippen LogP contribution in [-0.4, -0.2) is 20.3 Å². The zero-order valence-electron chi connectivity index (χ0n) is 17.8. The molecule has 1 amide bonds. The quantitative estimate of drug-likeness (QED) is 0.414. The van der Waals surface area contributed by atoms with Crippen molar-refractivity contribution < 1.29 is 13.6 Å². The van der Waals surface area contributed by atoms with Crippen molar-refractivity contribution in [1.82, 2.24) is 14.3 Å². The Morgan fingerprint density at radius 2 is 1.68 bits per heavy atom. The van der Waals surface area contributed by atoms with Crippen molar-refractivity contribution in [1.29, 1.82) is 0 Å². The molecule has 6 nitrogen and oxygen atoms in total. The fraction of sp³-hybridized carbons (Fsp3) is 0.0385. The maximum Gasteiger partial charge on any atom is 0.267 e. The number of fused-ring (bicyclic) bond motifs is 1. The van der Waals surface area contributed by atoms with Gasteiger partial charge in [0.15, 0.2) is 5.82 Å². The van der Waals surface area contributed by atoms with Crippen molar-refractivity contribution in [2.45, 2.75) is 6.54 Å². The molecule has 0 bridgehead atoms. The third kappa shape index (κ3) is 4.33. The Labute approximate surface area is 192 Å². The summed E-state index contributed by atoms with van der Waals surface area (Å²) >= 11 is 0. The van der Waals surface area contributed by atoms with Crippen LogP contribution in [0.4, 0.5) is 14.5 Å². The van der Waals surface area contributed by atoms with Crippen molar-refractivity contribution in [3.8, 4) is 5.82 Å². The van der Waals surface area contributed by atoms with Crippen LogP contribution in [0.15, 0.2) is 95.9 Å². The minimum atomic E-state index is -0.420. The molecule has 5 aromatic rings. The Kier molecular flexibility index (Phi) is 5.47. The van der Waals surface area contributed by atoms with Gasteiger partial charge in [-0.1, -0.05) is 12.1 Å². The first kappa shape index (κ1) is 21.3. The molecule has 0 aliphatic carbocycles. The molecular weight excluding hydrogens is 438 g/mol. The molecule has 8 heteroatoms. The molecule has 0 fully saturated rings. The zero-order chi connectivity index (χ0) is 23.7. The summed E-state index contributed by atoms with van der Waals surface area (Å²) < 4.78 is 29.9. The number of benzene rings is 3. The van der Waals surface area contributed by atoms with E-state index in [1.54, 1.807) is 41.1 Å². The van der Waals surface area contributed by atoms with E-state index < -0.39 is 5.82 Å². The Balaban J connectivity index is 1.40. The van der Waals surface area contributed by atoms with Crippen LogP contribution >= 0.6 is 0 Å². The molecule has 0 spiro atoms. The van der Waals surface area contributed by atoms with Gasteiger partial charge in [-0.2, -0.15) is 5.10 Å². The molecule has 34 heavy (non-hydrogen) atoms. The van der Waals surface area contributed by atoms with Crippen LogP contribution in [0.3, 0.4) is 0 Å². The molecule has 2 heterocycles. The fourth-order valence-corrected chi connectivity index (χ4v) is 3.71. The molecule has 0 unspecified atom stereocenters. The molecule has 0 aliphatic heterocycles. The number of nitrogens with one attached hydrogen (secondary N) is 1. The monoisotopic (exact) mass is 456 g/mol. The van der Waals surface area contributed by atoms with Crippen LogP contribution in [0.25, 0.3) is 16.7 Å². The first-order valence-corrected chi connectivity index (χ1v) is 10.5. The summed E-state index contributed by atoms with van der Waals surface area (Å²) in [6.45, 7) is 0.167. The van der Waals surface area contributed by atoms with E-state index in [-0.39, 0.29) is 23.8 Å². The van der Waals surface area contributed by atoms with E-state index in [1.165, 1.54) is 47.1 Å². The van der Waals surface area contributed by atoms with Gasteiger partial charge < -0.3 is 5.32 Å². The van der Waals surface area contributed by atoms with Gasteiger partial charge in [0.25, 0.3) is 11.5 Å². The summed E-state index contributed by atoms with van der Waals surface area (Å²) in [6, 6.07) is 21.6. The number of carbonyl (C=O) groups excluding carboxylic acids is 1. The number of hydrogen-bond donors (Lipinski definition) is 1. The smallest absolute Gasteiger partial charge is 0.267 e.